The number of ether oxygens (including phenoxy) is 6. The van der Waals surface area contributed by atoms with Crippen LogP contribution >= 0.6 is 23.4 Å². The number of aliphatic hydroxyl groups excluding tert-OH is 2. The van der Waals surface area contributed by atoms with Crippen LogP contribution in [0.3, 0.4) is 0 Å². The van der Waals surface area contributed by atoms with E-state index in [0.717, 1.165) is 88.5 Å². The van der Waals surface area contributed by atoms with E-state index in [2.05, 4.69) is 51.3 Å². The first-order chi connectivity index (χ1) is 60.1. The van der Waals surface area contributed by atoms with Gasteiger partial charge in [0.25, 0.3) is 31.7 Å². The molecule has 2 saturated carbocycles. The molecule has 678 valence electrons. The second-order valence-corrected chi connectivity index (χ2v) is 40.0. The molecule has 14 rings (SSSR count). The highest BCUT2D eigenvalue weighted by Crippen LogP contribution is 2.65. The van der Waals surface area contributed by atoms with E-state index in [1.165, 1.54) is 66.6 Å². The Labute approximate surface area is 746 Å². The van der Waals surface area contributed by atoms with Crippen LogP contribution in [0.25, 0.3) is 5.57 Å². The number of alkyl halides is 3. The van der Waals surface area contributed by atoms with Crippen LogP contribution in [0.4, 0.5) is 24.5 Å². The number of morpholine rings is 1. The number of hydrogen-bond donors (Lipinski definition) is 6. The van der Waals surface area contributed by atoms with E-state index in [1.54, 1.807) is 105 Å². The summed E-state index contributed by atoms with van der Waals surface area (Å²) in [5.41, 5.74) is -8.03. The van der Waals surface area contributed by atoms with E-state index in [1.807, 2.05) is 47.2 Å². The van der Waals surface area contributed by atoms with Crippen molar-refractivity contribution in [2.24, 2.45) is 22.2 Å². The van der Waals surface area contributed by atoms with Crippen molar-refractivity contribution in [3.8, 4) is 0 Å². The molecule has 6 N–H and O–H groups in total. The average Bonchev–Trinajstić information content (AvgIpc) is 0.666. The Morgan fingerprint density at radius 2 is 1.32 bits per heavy atom. The molecule has 3 saturated heterocycles. The third kappa shape index (κ3) is 20.6. The van der Waals surface area contributed by atoms with Crippen LogP contribution in [-0.2, 0) is 67.5 Å². The van der Waals surface area contributed by atoms with Crippen molar-refractivity contribution in [3.05, 3.63) is 238 Å². The number of carbonyl (C=O) groups excluding carboxylic acids is 7. The van der Waals surface area contributed by atoms with Gasteiger partial charge in [0.1, 0.15) is 28.8 Å². The average molecular weight is 1830 g/mol. The lowest BCUT2D eigenvalue weighted by Gasteiger charge is -2.67. The first kappa shape index (κ1) is 94.8. The number of anilines is 2. The second kappa shape index (κ2) is 38.8. The maximum absolute atomic E-state index is 15.5. The molecule has 7 aliphatic rings. The number of nitrogens with zero attached hydrogens (tertiary/aromatic N) is 3. The first-order valence-corrected chi connectivity index (χ1v) is 46.5. The van der Waals surface area contributed by atoms with Crippen molar-refractivity contribution in [2.75, 3.05) is 88.1 Å². The molecule has 4 aliphatic carbocycles. The Morgan fingerprint density at radius 3 is 1.92 bits per heavy atom. The fraction of sp³-hybridized carbons (Fsp3) is 0.436. The van der Waals surface area contributed by atoms with E-state index in [-0.39, 0.29) is 46.3 Å². The molecule has 127 heavy (non-hydrogen) atoms. The van der Waals surface area contributed by atoms with E-state index in [9.17, 15) is 74.1 Å². The van der Waals surface area contributed by atoms with Crippen molar-refractivity contribution in [3.63, 3.8) is 0 Å². The van der Waals surface area contributed by atoms with Gasteiger partial charge in [-0.15, -0.1) is 11.8 Å². The molecule has 7 aromatic rings. The van der Waals surface area contributed by atoms with Gasteiger partial charge in [0.05, 0.1) is 59.4 Å². The maximum atomic E-state index is 15.5. The molecule has 12 atom stereocenters. The fourth-order valence-electron chi connectivity index (χ4n) is 18.7. The summed E-state index contributed by atoms with van der Waals surface area (Å²) >= 11 is 7.64. The predicted octanol–water partition coefficient (Wildman–Crippen LogP) is 12.6. The third-order valence-corrected chi connectivity index (χ3v) is 29.9. The lowest BCUT2D eigenvalue weighted by atomic mass is 9.44. The lowest BCUT2D eigenvalue weighted by Crippen LogP contribution is -2.82. The number of ketones is 1. The number of rotatable bonds is 26. The highest BCUT2D eigenvalue weighted by molar-refractivity contribution is 7.99. The number of sulfone groups is 1. The van der Waals surface area contributed by atoms with Crippen LogP contribution in [0.2, 0.25) is 5.02 Å². The Bertz CT molecular complexity index is 5500. The van der Waals surface area contributed by atoms with Crippen LogP contribution in [0.1, 0.15) is 142 Å². The molecule has 5 fully saturated rings. The number of thioether (sulfide) groups is 1. The van der Waals surface area contributed by atoms with Gasteiger partial charge in [-0.25, -0.2) is 31.1 Å². The summed E-state index contributed by atoms with van der Waals surface area (Å²) in [7, 11) is -10.9. The van der Waals surface area contributed by atoms with Crippen molar-refractivity contribution < 1.29 is 107 Å². The summed E-state index contributed by atoms with van der Waals surface area (Å²) in [5.74, 6) is -7.49. The number of benzene rings is 7. The summed E-state index contributed by atoms with van der Waals surface area (Å²) in [4.78, 5) is 102. The Morgan fingerprint density at radius 1 is 0.717 bits per heavy atom. The molecule has 3 heterocycles. The number of esters is 4. The monoisotopic (exact) mass is 1830 g/mol. The highest BCUT2D eigenvalue weighted by Gasteiger charge is 2.78. The van der Waals surface area contributed by atoms with Gasteiger partial charge in [-0.05, 0) is 164 Å². The summed E-state index contributed by atoms with van der Waals surface area (Å²) in [6, 6.07) is 48.7. The number of amides is 2. The number of piperazine rings is 1. The smallest absolute Gasteiger partial charge is 0.456 e. The Kier molecular flexibility index (Phi) is 29.0. The molecule has 3 aliphatic heterocycles. The molecule has 0 radical (unpaired) electrons. The maximum Gasteiger partial charge on any atom is 0.501 e. The zero-order chi connectivity index (χ0) is 91.3. The molecule has 2 amide bonds. The van der Waals surface area contributed by atoms with Gasteiger partial charge in [-0.3, -0.25) is 33.8 Å². The number of carbonyl (C=O) groups is 7. The molecule has 0 aromatic heterocycles. The van der Waals surface area contributed by atoms with Crippen molar-refractivity contribution in [1.29, 1.82) is 0 Å². The zero-order valence-electron chi connectivity index (χ0n) is 71.7. The molecular formula is C94H106ClF3N6O20S3. The van der Waals surface area contributed by atoms with E-state index in [4.69, 9.17) is 40.0 Å². The van der Waals surface area contributed by atoms with Gasteiger partial charge in [0, 0.05) is 123 Å². The largest absolute Gasteiger partial charge is 0.501 e. The van der Waals surface area contributed by atoms with Gasteiger partial charge in [0.15, 0.2) is 23.6 Å². The summed E-state index contributed by atoms with van der Waals surface area (Å²) < 4.78 is 133. The van der Waals surface area contributed by atoms with E-state index >= 15 is 4.79 Å². The summed E-state index contributed by atoms with van der Waals surface area (Å²) in [5, 5.41) is 43.9. The van der Waals surface area contributed by atoms with Crippen LogP contribution in [0, 0.1) is 22.2 Å². The van der Waals surface area contributed by atoms with Crippen LogP contribution in [0.5, 0.6) is 0 Å². The Hall–Kier alpha value is -9.84. The van der Waals surface area contributed by atoms with Gasteiger partial charge < -0.3 is 59.3 Å². The van der Waals surface area contributed by atoms with E-state index in [0.29, 0.717) is 61.7 Å². The van der Waals surface area contributed by atoms with Crippen molar-refractivity contribution >= 4 is 102 Å². The molecular weight excluding hydrogens is 1720 g/mol. The second-order valence-electron chi connectivity index (χ2n) is 34.8. The zero-order valence-corrected chi connectivity index (χ0v) is 74.9. The minimum absolute atomic E-state index is 0.00186. The number of Topliss-reactive ketones (excluding diaryl/α,β-unsaturated/α-hetero) is 1. The quantitative estimate of drug-likeness (QED) is 0.0127. The molecule has 2 bridgehead atoms. The SMILES string of the molecule is CC(=O)O[C@H]1C(=O)[C@@]2(C)[C@H]([C@H](OC(=O)c3ccccc3)[C@]3(O)C[C@H](OC(=O)[C@H](O)[C@@H](NC(=O)c4ccccc4)c4ccccc4)C(C)=C1C3(C)C)[C@]1(OC(C)=O)CO[C@@H]1C[C@@H]2O.CC1(C)CCC(c2ccc(Cl)cc2)=C(CN2CCN(c3ccc(C(=O)NS(=O)(=O)c4ccc(N[C@H](CCN5CCOCC5)CSc5ccccc5)c(S(=O)(=O)C(F)(F)F)c4)cc3)CC2)C1. The number of halogens is 4. The number of hydrogen-bond acceptors (Lipinski definition) is 25. The predicted molar refractivity (Wildman–Crippen MR) is 470 cm³/mol. The molecule has 33 heteroatoms. The summed E-state index contributed by atoms with van der Waals surface area (Å²) in [6.07, 6.45) is -6.91. The summed E-state index contributed by atoms with van der Waals surface area (Å²) in [6.45, 7) is 19.6. The van der Waals surface area contributed by atoms with Crippen LogP contribution < -0.4 is 20.3 Å². The number of fused-ring (bicyclic) bond motifs is 5. The third-order valence-electron chi connectivity index (χ3n) is 25.7. The normalized spacial score (nSPS) is 24.9. The highest BCUT2D eigenvalue weighted by atomic mass is 35.5. The topological polar surface area (TPSA) is 350 Å². The van der Waals surface area contributed by atoms with Gasteiger partial charge in [0.2, 0.25) is 0 Å². The number of aliphatic hydroxyl groups is 3. The number of allylic oxidation sites excluding steroid dienone is 1. The van der Waals surface area contributed by atoms with Gasteiger partial charge in [-0.1, -0.05) is 142 Å². The number of sulfonamides is 1. The molecule has 26 nitrogen and oxygen atoms in total. The Balaban J connectivity index is 0.000000218. The van der Waals surface area contributed by atoms with Gasteiger partial charge in [-0.2, -0.15) is 13.2 Å². The van der Waals surface area contributed by atoms with Crippen LogP contribution in [0.15, 0.2) is 219 Å². The lowest BCUT2D eigenvalue weighted by molar-refractivity contribution is -0.346. The minimum Gasteiger partial charge on any atom is -0.456 e. The first-order valence-electron chi connectivity index (χ1n) is 42.2. The molecule has 7 aromatic carbocycles. The van der Waals surface area contributed by atoms with Crippen LogP contribution in [-0.4, -0.2) is 221 Å². The standard InChI is InChI=1S/C47H55ClF3N5O6S3.C47H51NO14/c1-46(2)20-18-42(34-8-12-37(48)13-9-34)36(31-46)32-55-22-24-56(25-23-55)39-14-10-35(11-15-39)45(57)53-65(60,61)41-16-17-43(44(30-41)64(58,59)47(49,50)51)52-38(19-21-54-26-28-62-29-27-54)33-63-40-6-4-3-5-7-40;1-25-31(60-43(56)36(52)35(28-16-10-7-11-17-28)48-41(54)29-18-12-8-13-19-29)23-47(57)40(61-42(55)30-20-14-9-15-21-30)38-45(6,32(51)22-33-46(38,24-58-33)62-27(3)50)39(53)37(59-26(2)49)34(25)44(47,4)5/h3-17,30,38,52H,18-29,31-33H2,1-2H3,(H,53,57);7-21,31-33,35-38,40,51-52,57H,22-24H2,1-6H3,(H,48,54)/t38-;31-,32-,33+,35-,36+,37+,38-,40-,45+,46-,47+/m10/s1. The molecule has 0 spiro atoms. The van der Waals surface area contributed by atoms with Gasteiger partial charge >= 0.3 is 29.4 Å². The van der Waals surface area contributed by atoms with E-state index < -0.39 is 165 Å². The molecule has 0 unspecified atom stereocenters. The minimum atomic E-state index is -6.05. The number of nitrogens with one attached hydrogen (secondary N) is 3. The van der Waals surface area contributed by atoms with Crippen molar-refractivity contribution in [1.82, 2.24) is 19.8 Å². The fourth-order valence-corrected chi connectivity index (χ4v) is 21.8. The van der Waals surface area contributed by atoms with Crippen molar-refractivity contribution in [2.45, 2.75) is 174 Å².